The molecule has 0 aromatic heterocycles. The molecule has 1 saturated heterocycles. The van der Waals surface area contributed by atoms with E-state index >= 15 is 0 Å². The normalized spacial score (nSPS) is 46.8. The lowest BCUT2D eigenvalue weighted by Crippen LogP contribution is -2.49. The highest BCUT2D eigenvalue weighted by Crippen LogP contribution is 2.66. The molecule has 0 aromatic carbocycles. The Kier molecular flexibility index (Phi) is 6.07. The van der Waals surface area contributed by atoms with Gasteiger partial charge in [-0.1, -0.05) is 84.5 Å². The highest BCUT2D eigenvalue weighted by atomic mass is 16.1. The van der Waals surface area contributed by atoms with E-state index in [1.165, 1.54) is 63.2 Å². The van der Waals surface area contributed by atoms with Gasteiger partial charge in [0.25, 0.3) is 0 Å². The largest absolute Gasteiger partial charge is 0.295 e. The van der Waals surface area contributed by atoms with Crippen LogP contribution in [-0.4, -0.2) is 12.5 Å². The smallest absolute Gasteiger partial charge is 0.156 e. The van der Waals surface area contributed by atoms with Gasteiger partial charge >= 0.3 is 0 Å². The van der Waals surface area contributed by atoms with Gasteiger partial charge in [-0.15, -0.1) is 0 Å². The number of hydrogen-bond acceptors (Lipinski definition) is 1. The zero-order chi connectivity index (χ0) is 22.7. The maximum absolute atomic E-state index is 12.1. The van der Waals surface area contributed by atoms with Crippen molar-refractivity contribution in [2.45, 2.75) is 111 Å². The molecule has 4 unspecified atom stereocenters. The van der Waals surface area contributed by atoms with Crippen molar-refractivity contribution < 1.29 is 4.79 Å². The van der Waals surface area contributed by atoms with Gasteiger partial charge in [0.05, 0.1) is 0 Å². The zero-order valence-electron chi connectivity index (χ0n) is 21.5. The number of allylic oxidation sites excluding steroid dienone is 4. The molecule has 5 rings (SSSR count). The Morgan fingerprint density at radius 2 is 1.94 bits per heavy atom. The van der Waals surface area contributed by atoms with Gasteiger partial charge in [0.1, 0.15) is 6.71 Å². The maximum Gasteiger partial charge on any atom is 0.156 e. The van der Waals surface area contributed by atoms with Crippen LogP contribution in [0, 0.1) is 46.3 Å². The molecule has 9 atom stereocenters. The first-order chi connectivity index (χ1) is 15.3. The first-order valence-corrected chi connectivity index (χ1v) is 14.2. The van der Waals surface area contributed by atoms with Crippen molar-refractivity contribution in [2.24, 2.45) is 46.3 Å². The van der Waals surface area contributed by atoms with E-state index in [0.717, 1.165) is 60.9 Å². The van der Waals surface area contributed by atoms with Crippen molar-refractivity contribution in [2.75, 3.05) is 0 Å². The molecule has 2 heteroatoms. The Labute approximate surface area is 198 Å². The van der Waals surface area contributed by atoms with Crippen LogP contribution in [0.4, 0.5) is 0 Å². The predicted octanol–water partition coefficient (Wildman–Crippen LogP) is 8.25. The third-order valence-electron chi connectivity index (χ3n) is 11.9. The van der Waals surface area contributed by atoms with Gasteiger partial charge in [-0.2, -0.15) is 0 Å². The summed E-state index contributed by atoms with van der Waals surface area (Å²) in [5.41, 5.74) is 2.11. The minimum Gasteiger partial charge on any atom is -0.295 e. The van der Waals surface area contributed by atoms with Gasteiger partial charge in [0.15, 0.2) is 5.78 Å². The maximum atomic E-state index is 12.1. The summed E-state index contributed by atoms with van der Waals surface area (Å²) >= 11 is 0. The van der Waals surface area contributed by atoms with Crippen molar-refractivity contribution in [3.8, 4) is 0 Å². The first-order valence-electron chi connectivity index (χ1n) is 14.2. The third kappa shape index (κ3) is 3.61. The van der Waals surface area contributed by atoms with Crippen LogP contribution in [0.15, 0.2) is 23.8 Å². The average molecular weight is 435 g/mol. The van der Waals surface area contributed by atoms with E-state index in [4.69, 9.17) is 0 Å². The molecule has 2 saturated carbocycles. The first kappa shape index (κ1) is 23.0. The number of fused-ring (bicyclic) bond motifs is 5. The summed E-state index contributed by atoms with van der Waals surface area (Å²) < 4.78 is 0. The average Bonchev–Trinajstić information content (AvgIpc) is 3.12. The molecule has 1 nitrogen and oxygen atoms in total. The van der Waals surface area contributed by atoms with E-state index in [1.807, 2.05) is 6.08 Å². The number of carbonyl (C=O) groups excluding carboxylic acids is 1. The second-order valence-electron chi connectivity index (χ2n) is 13.4. The Morgan fingerprint density at radius 3 is 2.72 bits per heavy atom. The zero-order valence-corrected chi connectivity index (χ0v) is 21.5. The summed E-state index contributed by atoms with van der Waals surface area (Å²) in [5, 5.41) is 0. The molecule has 0 amide bonds. The van der Waals surface area contributed by atoms with E-state index < -0.39 is 0 Å². The molecule has 5 aliphatic rings. The second kappa shape index (κ2) is 8.46. The Morgan fingerprint density at radius 1 is 1.12 bits per heavy atom. The fourth-order valence-electron chi connectivity index (χ4n) is 9.99. The monoisotopic (exact) mass is 434 g/mol. The van der Waals surface area contributed by atoms with Crippen LogP contribution in [0.3, 0.4) is 0 Å². The molecule has 0 bridgehead atoms. The predicted molar refractivity (Wildman–Crippen MR) is 137 cm³/mol. The number of carbonyl (C=O) groups is 1. The SMILES string of the molecule is CCC1C[C@H](C)CCB1C[C@@H](C)[C@H]1CCC2C3C=CC4=CC(=O)CC[C@]4(C)C3CC[C@@]21C. The van der Waals surface area contributed by atoms with Crippen LogP contribution in [0.5, 0.6) is 0 Å². The Hall–Kier alpha value is -0.785. The molecule has 1 heterocycles. The minimum atomic E-state index is 0.242. The van der Waals surface area contributed by atoms with Crippen molar-refractivity contribution in [3.63, 3.8) is 0 Å². The van der Waals surface area contributed by atoms with Crippen molar-refractivity contribution in [3.05, 3.63) is 23.8 Å². The second-order valence-corrected chi connectivity index (χ2v) is 13.4. The molecule has 0 spiro atoms. The summed E-state index contributed by atoms with van der Waals surface area (Å²) in [7, 11) is 0. The highest BCUT2D eigenvalue weighted by molar-refractivity contribution is 6.60. The molecule has 0 aromatic rings. The molecule has 176 valence electrons. The molecule has 0 radical (unpaired) electrons. The fourth-order valence-corrected chi connectivity index (χ4v) is 9.99. The van der Waals surface area contributed by atoms with Gasteiger partial charge in [0.2, 0.25) is 0 Å². The summed E-state index contributed by atoms with van der Waals surface area (Å²) in [4.78, 5) is 12.1. The van der Waals surface area contributed by atoms with Crippen molar-refractivity contribution in [1.82, 2.24) is 0 Å². The number of rotatable bonds is 4. The standard InChI is InChI=1S/C30H47BO/c1-6-23-17-20(2)13-16-31(23)19-21(3)26-9-10-27-25-8-7-22-18-24(32)11-14-29(22,4)28(25)12-15-30(26,27)5/h7-8,18,20-21,23,25-28H,6,9-17,19H2,1-5H3/t20-,21-,23?,25?,26-,27?,28?,29+,30-/m1/s1. The van der Waals surface area contributed by atoms with E-state index in [9.17, 15) is 4.79 Å². The van der Waals surface area contributed by atoms with Crippen LogP contribution in [0.1, 0.15) is 92.4 Å². The van der Waals surface area contributed by atoms with E-state index in [1.54, 1.807) is 0 Å². The van der Waals surface area contributed by atoms with Crippen LogP contribution in [-0.2, 0) is 4.79 Å². The molecule has 32 heavy (non-hydrogen) atoms. The van der Waals surface area contributed by atoms with E-state index in [2.05, 4.69) is 46.8 Å². The van der Waals surface area contributed by atoms with Gasteiger partial charge in [0, 0.05) is 6.42 Å². The van der Waals surface area contributed by atoms with Gasteiger partial charge in [-0.05, 0) is 90.1 Å². The topological polar surface area (TPSA) is 17.1 Å². The molecular formula is C30H47BO. The summed E-state index contributed by atoms with van der Waals surface area (Å²) in [5.74, 6) is 6.40. The van der Waals surface area contributed by atoms with Crippen molar-refractivity contribution in [1.29, 1.82) is 0 Å². The van der Waals surface area contributed by atoms with E-state index in [-0.39, 0.29) is 5.41 Å². The molecule has 0 N–H and O–H groups in total. The van der Waals surface area contributed by atoms with Crippen LogP contribution >= 0.6 is 0 Å². The van der Waals surface area contributed by atoms with Gasteiger partial charge in [-0.3, -0.25) is 4.79 Å². The van der Waals surface area contributed by atoms with Crippen molar-refractivity contribution >= 4 is 12.5 Å². The summed E-state index contributed by atoms with van der Waals surface area (Å²) in [6.07, 6.45) is 21.7. The van der Waals surface area contributed by atoms with E-state index in [0.29, 0.717) is 11.2 Å². The van der Waals surface area contributed by atoms with Gasteiger partial charge < -0.3 is 0 Å². The number of ketones is 1. The molecule has 1 aliphatic heterocycles. The van der Waals surface area contributed by atoms with Crippen LogP contribution < -0.4 is 0 Å². The van der Waals surface area contributed by atoms with Crippen LogP contribution in [0.2, 0.25) is 18.5 Å². The fraction of sp³-hybridized carbons (Fsp3) is 0.833. The van der Waals surface area contributed by atoms with Gasteiger partial charge in [-0.25, -0.2) is 0 Å². The minimum absolute atomic E-state index is 0.242. The molecule has 3 fully saturated rings. The molecular weight excluding hydrogens is 387 g/mol. The van der Waals surface area contributed by atoms with Crippen LogP contribution in [0.25, 0.3) is 0 Å². The Bertz CT molecular complexity index is 797. The molecule has 4 aliphatic carbocycles. The highest BCUT2D eigenvalue weighted by Gasteiger charge is 2.58. The summed E-state index contributed by atoms with van der Waals surface area (Å²) in [6.45, 7) is 13.7. The lowest BCUT2D eigenvalue weighted by molar-refractivity contribution is -0.116. The number of hydrogen-bond donors (Lipinski definition) is 0. The third-order valence-corrected chi connectivity index (χ3v) is 11.9. The lowest BCUT2D eigenvalue weighted by Gasteiger charge is -2.56. The lowest BCUT2D eigenvalue weighted by atomic mass is 9.31. The summed E-state index contributed by atoms with van der Waals surface area (Å²) in [6, 6.07) is 0. The Balaban J connectivity index is 1.33. The quantitative estimate of drug-likeness (QED) is 0.407.